The van der Waals surface area contributed by atoms with Gasteiger partial charge in [-0.15, -0.1) is 4.91 Å². The number of carbonyl (C=O) groups excluding carboxylic acids is 2. The Labute approximate surface area is 189 Å². The van der Waals surface area contributed by atoms with Crippen molar-refractivity contribution in [3.05, 3.63) is 52.1 Å². The zero-order valence-corrected chi connectivity index (χ0v) is 19.0. The first-order valence-electron chi connectivity index (χ1n) is 9.39. The van der Waals surface area contributed by atoms with Gasteiger partial charge in [-0.1, -0.05) is 46.3 Å². The van der Waals surface area contributed by atoms with Crippen LogP contribution in [0.5, 0.6) is 0 Å². The summed E-state index contributed by atoms with van der Waals surface area (Å²) in [5.41, 5.74) is -0.626. The monoisotopic (exact) mass is 510 g/mol. The SMILES string of the molecule is CC1(C)N(N=O)C(c2ccccc2)C(=O)N1[C@@H]1C(=O)N2C(C(=O)O)=C(CBr)C[S+]([O-])[C@@H]12. The number of nitroso groups, excluding NO2 is 1. The second-order valence-electron chi connectivity index (χ2n) is 7.90. The number of nitrogens with zero attached hydrogens (tertiary/aromatic N) is 4. The quantitative estimate of drug-likeness (QED) is 0.273. The van der Waals surface area contributed by atoms with Crippen molar-refractivity contribution in [3.63, 3.8) is 0 Å². The van der Waals surface area contributed by atoms with Gasteiger partial charge in [-0.3, -0.25) is 19.4 Å². The summed E-state index contributed by atoms with van der Waals surface area (Å²) in [6.07, 6.45) is 0. The zero-order chi connectivity index (χ0) is 22.7. The lowest BCUT2D eigenvalue weighted by Crippen LogP contribution is -2.77. The number of hydrogen-bond acceptors (Lipinski definition) is 6. The minimum absolute atomic E-state index is 0.0297. The van der Waals surface area contributed by atoms with Crippen molar-refractivity contribution in [3.8, 4) is 0 Å². The molecule has 2 saturated heterocycles. The molecule has 0 aromatic heterocycles. The number of hydrogen-bond donors (Lipinski definition) is 1. The first-order chi connectivity index (χ1) is 14.7. The van der Waals surface area contributed by atoms with Crippen LogP contribution in [0.1, 0.15) is 25.5 Å². The molecule has 4 rings (SSSR count). The predicted molar refractivity (Wildman–Crippen MR) is 114 cm³/mol. The summed E-state index contributed by atoms with van der Waals surface area (Å²) in [5.74, 6) is -2.50. The topological polar surface area (TPSA) is 134 Å². The molecule has 3 aliphatic heterocycles. The van der Waals surface area contributed by atoms with Crippen LogP contribution in [0.15, 0.2) is 46.9 Å². The van der Waals surface area contributed by atoms with E-state index in [9.17, 15) is 28.9 Å². The summed E-state index contributed by atoms with van der Waals surface area (Å²) in [7, 11) is 0. The molecule has 12 heteroatoms. The number of halogens is 1. The fraction of sp³-hybridized carbons (Fsp3) is 0.421. The van der Waals surface area contributed by atoms with Crippen LogP contribution >= 0.6 is 15.9 Å². The lowest BCUT2D eigenvalue weighted by Gasteiger charge is -2.53. The molecule has 4 atom stereocenters. The maximum atomic E-state index is 13.5. The highest BCUT2D eigenvalue weighted by Gasteiger charge is 2.68. The Morgan fingerprint density at radius 2 is 1.94 bits per heavy atom. The predicted octanol–water partition coefficient (Wildman–Crippen LogP) is 1.32. The Kier molecular flexibility index (Phi) is 5.34. The van der Waals surface area contributed by atoms with Gasteiger partial charge in [-0.2, -0.15) is 0 Å². The van der Waals surface area contributed by atoms with Gasteiger partial charge in [0.2, 0.25) is 5.37 Å². The third-order valence-corrected chi connectivity index (χ3v) is 8.21. The molecule has 1 aromatic rings. The molecule has 1 aromatic carbocycles. The highest BCUT2D eigenvalue weighted by atomic mass is 79.9. The fourth-order valence-corrected chi connectivity index (χ4v) is 6.96. The van der Waals surface area contributed by atoms with E-state index in [-0.39, 0.29) is 16.8 Å². The summed E-state index contributed by atoms with van der Waals surface area (Å²) in [6.45, 7) is 3.16. The Hall–Kier alpha value is -2.44. The van der Waals surface area contributed by atoms with Crippen molar-refractivity contribution in [2.24, 2.45) is 5.29 Å². The molecule has 0 radical (unpaired) electrons. The van der Waals surface area contributed by atoms with E-state index in [1.54, 1.807) is 44.2 Å². The van der Waals surface area contributed by atoms with Crippen LogP contribution in [-0.4, -0.2) is 70.4 Å². The van der Waals surface area contributed by atoms with Gasteiger partial charge >= 0.3 is 5.97 Å². The molecule has 0 spiro atoms. The first kappa shape index (κ1) is 21.8. The first-order valence-corrected chi connectivity index (χ1v) is 11.9. The average molecular weight is 511 g/mol. The molecule has 1 N–H and O–H groups in total. The third kappa shape index (κ3) is 2.99. The number of carboxylic acids is 1. The Morgan fingerprint density at radius 1 is 1.29 bits per heavy atom. The molecule has 3 heterocycles. The highest BCUT2D eigenvalue weighted by molar-refractivity contribution is 9.09. The van der Waals surface area contributed by atoms with Crippen LogP contribution in [0.4, 0.5) is 0 Å². The minimum Gasteiger partial charge on any atom is -0.614 e. The van der Waals surface area contributed by atoms with Crippen molar-refractivity contribution < 1.29 is 24.0 Å². The minimum atomic E-state index is -1.63. The number of amides is 2. The second kappa shape index (κ2) is 7.61. The number of carboxylic acid groups (broad SMARTS) is 1. The van der Waals surface area contributed by atoms with Crippen LogP contribution in [0.2, 0.25) is 0 Å². The van der Waals surface area contributed by atoms with Gasteiger partial charge in [0.15, 0.2) is 12.1 Å². The van der Waals surface area contributed by atoms with Gasteiger partial charge in [0, 0.05) is 10.9 Å². The molecule has 2 fully saturated rings. The van der Waals surface area contributed by atoms with Crippen LogP contribution in [0.3, 0.4) is 0 Å². The zero-order valence-electron chi connectivity index (χ0n) is 16.6. The molecule has 3 aliphatic rings. The number of benzene rings is 1. The van der Waals surface area contributed by atoms with E-state index in [2.05, 4.69) is 21.2 Å². The molecule has 0 bridgehead atoms. The van der Waals surface area contributed by atoms with Gasteiger partial charge < -0.3 is 9.66 Å². The van der Waals surface area contributed by atoms with Crippen molar-refractivity contribution in [2.75, 3.05) is 11.1 Å². The summed E-state index contributed by atoms with van der Waals surface area (Å²) >= 11 is 1.56. The molecule has 2 unspecified atom stereocenters. The maximum absolute atomic E-state index is 13.5. The van der Waals surface area contributed by atoms with Crippen molar-refractivity contribution in [1.29, 1.82) is 0 Å². The van der Waals surface area contributed by atoms with Crippen molar-refractivity contribution in [1.82, 2.24) is 14.8 Å². The van der Waals surface area contributed by atoms with Gasteiger partial charge in [-0.05, 0) is 30.6 Å². The van der Waals surface area contributed by atoms with Gasteiger partial charge in [0.25, 0.3) is 11.8 Å². The number of alkyl halides is 1. The normalized spacial score (nSPS) is 29.7. The Bertz CT molecular complexity index is 1000. The van der Waals surface area contributed by atoms with Gasteiger partial charge in [0.1, 0.15) is 17.1 Å². The van der Waals surface area contributed by atoms with E-state index in [1.165, 1.54) is 4.90 Å². The Morgan fingerprint density at radius 3 is 2.48 bits per heavy atom. The van der Waals surface area contributed by atoms with E-state index in [0.29, 0.717) is 11.1 Å². The molecular weight excluding hydrogens is 492 g/mol. The third-order valence-electron chi connectivity index (χ3n) is 5.89. The number of aliphatic carboxylic acids is 1. The summed E-state index contributed by atoms with van der Waals surface area (Å²) in [6, 6.07) is 6.37. The number of β-lactam (4-membered cyclic amide) rings is 1. The number of rotatable bonds is 5. The van der Waals surface area contributed by atoms with Crippen LogP contribution < -0.4 is 0 Å². The standard InChI is InChI=1S/C19H19BrN4O6S/c1-19(2)23(16(26)12(24(19)21-29)10-6-4-3-5-7-10)14-15(25)22-13(18(27)28)11(8-20)9-31(30)17(14)22/h3-7,12,14,17H,8-9H2,1-2H3,(H,27,28)/t12?,14-,17+,31?/m1/s1. The van der Waals surface area contributed by atoms with E-state index in [1.807, 2.05) is 0 Å². The van der Waals surface area contributed by atoms with Gasteiger partial charge in [-0.25, -0.2) is 9.80 Å². The summed E-state index contributed by atoms with van der Waals surface area (Å²) in [4.78, 5) is 52.4. The maximum Gasteiger partial charge on any atom is 0.352 e. The average Bonchev–Trinajstić information content (AvgIpc) is 2.93. The van der Waals surface area contributed by atoms with Crippen molar-refractivity contribution in [2.45, 2.75) is 37.0 Å². The number of fused-ring (bicyclic) bond motifs is 1. The summed E-state index contributed by atoms with van der Waals surface area (Å²) < 4.78 is 13.0. The number of carbonyl (C=O) groups is 3. The molecule has 10 nitrogen and oxygen atoms in total. The smallest absolute Gasteiger partial charge is 0.352 e. The molecule has 164 valence electrons. The van der Waals surface area contributed by atoms with Crippen LogP contribution in [0, 0.1) is 4.91 Å². The molecule has 2 amide bonds. The van der Waals surface area contributed by atoms with Crippen LogP contribution in [-0.2, 0) is 25.6 Å². The molecule has 31 heavy (non-hydrogen) atoms. The lowest BCUT2D eigenvalue weighted by atomic mass is 9.98. The highest BCUT2D eigenvalue weighted by Crippen LogP contribution is 2.47. The molecule has 0 saturated carbocycles. The lowest BCUT2D eigenvalue weighted by molar-refractivity contribution is -0.164. The van der Waals surface area contributed by atoms with Gasteiger partial charge in [0.05, 0.1) is 5.29 Å². The van der Waals surface area contributed by atoms with Crippen LogP contribution in [0.25, 0.3) is 0 Å². The van der Waals surface area contributed by atoms with E-state index in [0.717, 1.165) is 9.91 Å². The second-order valence-corrected chi connectivity index (χ2v) is 10.00. The fourth-order valence-electron chi connectivity index (χ4n) is 4.51. The summed E-state index contributed by atoms with van der Waals surface area (Å²) in [5, 5.41) is 12.9. The van der Waals surface area contributed by atoms with Crippen molar-refractivity contribution >= 4 is 44.9 Å². The van der Waals surface area contributed by atoms with E-state index in [4.69, 9.17) is 0 Å². The van der Waals surface area contributed by atoms with E-state index < -0.39 is 52.1 Å². The Balaban J connectivity index is 1.76. The largest absolute Gasteiger partial charge is 0.614 e. The van der Waals surface area contributed by atoms with E-state index >= 15 is 0 Å². The molecular formula is C19H19BrN4O6S. The molecule has 0 aliphatic carbocycles.